The van der Waals surface area contributed by atoms with E-state index in [1.54, 1.807) is 12.1 Å². The maximum absolute atomic E-state index is 12.6. The van der Waals surface area contributed by atoms with Crippen LogP contribution in [0.1, 0.15) is 16.1 Å². The topological polar surface area (TPSA) is 184 Å². The van der Waals surface area contributed by atoms with Gasteiger partial charge in [-0.25, -0.2) is 18.4 Å². The van der Waals surface area contributed by atoms with Crippen LogP contribution < -0.4 is 10.5 Å². The number of nitrogens with one attached hydrogen (secondary N) is 1. The second-order valence-corrected chi connectivity index (χ2v) is 8.19. The first-order valence-electron chi connectivity index (χ1n) is 8.80. The fourth-order valence-corrected chi connectivity index (χ4v) is 3.47. The molecule has 0 saturated carbocycles. The standard InChI is InChI=1S/C17H19ClN4O9S/c1-21(4-6-31-22(25)26)16(23)10-30-17(24)12-7-15(32(19,27)28)13(18)8-14(12)20-9-11-3-2-5-29-11/h2-3,5,7-8,20H,4,6,9-10H2,1H3,(H2,19,27,28). The summed E-state index contributed by atoms with van der Waals surface area (Å²) < 4.78 is 33.7. The van der Waals surface area contributed by atoms with Crippen molar-refractivity contribution in [2.75, 3.05) is 32.1 Å². The van der Waals surface area contributed by atoms with Gasteiger partial charge in [0.05, 0.1) is 29.1 Å². The molecule has 0 fully saturated rings. The molecular weight excluding hydrogens is 472 g/mol. The molecule has 15 heteroatoms. The number of anilines is 1. The number of sulfonamides is 1. The molecule has 0 bridgehead atoms. The van der Waals surface area contributed by atoms with Crippen LogP contribution in [-0.4, -0.2) is 57.1 Å². The molecule has 1 aromatic heterocycles. The van der Waals surface area contributed by atoms with Gasteiger partial charge in [0.1, 0.15) is 17.3 Å². The summed E-state index contributed by atoms with van der Waals surface area (Å²) in [5.74, 6) is -1.18. The second kappa shape index (κ2) is 10.8. The number of nitrogens with two attached hydrogens (primary N) is 1. The van der Waals surface area contributed by atoms with E-state index >= 15 is 0 Å². The first kappa shape index (κ1) is 24.9. The van der Waals surface area contributed by atoms with Gasteiger partial charge < -0.3 is 24.2 Å². The molecule has 0 aliphatic rings. The van der Waals surface area contributed by atoms with Gasteiger partial charge in [0.15, 0.2) is 6.61 Å². The Bertz CT molecular complexity index is 1090. The van der Waals surface area contributed by atoms with Gasteiger partial charge in [0, 0.05) is 13.6 Å². The zero-order chi connectivity index (χ0) is 23.9. The summed E-state index contributed by atoms with van der Waals surface area (Å²) in [6, 6.07) is 5.44. The molecular formula is C17H19ClN4O9S. The number of hydrogen-bond acceptors (Lipinski definition) is 10. The van der Waals surface area contributed by atoms with Gasteiger partial charge in [-0.1, -0.05) is 11.6 Å². The molecule has 0 spiro atoms. The van der Waals surface area contributed by atoms with Crippen LogP contribution >= 0.6 is 11.6 Å². The van der Waals surface area contributed by atoms with Gasteiger partial charge in [0.2, 0.25) is 10.0 Å². The molecule has 0 unspecified atom stereocenters. The van der Waals surface area contributed by atoms with Crippen molar-refractivity contribution in [2.45, 2.75) is 11.4 Å². The van der Waals surface area contributed by atoms with Gasteiger partial charge in [0.25, 0.3) is 11.0 Å². The number of benzene rings is 1. The highest BCUT2D eigenvalue weighted by atomic mass is 35.5. The molecule has 0 aliphatic heterocycles. The Morgan fingerprint density at radius 2 is 2.09 bits per heavy atom. The number of ether oxygens (including phenoxy) is 1. The van der Waals surface area contributed by atoms with Crippen LogP contribution in [0.15, 0.2) is 39.8 Å². The maximum atomic E-state index is 12.6. The van der Waals surface area contributed by atoms with Crippen LogP contribution in [0.5, 0.6) is 0 Å². The number of amides is 1. The van der Waals surface area contributed by atoms with E-state index in [9.17, 15) is 28.1 Å². The number of carbonyl (C=O) groups excluding carboxylic acids is 2. The number of rotatable bonds is 11. The molecule has 1 amide bonds. The van der Waals surface area contributed by atoms with E-state index in [-0.39, 0.29) is 36.0 Å². The van der Waals surface area contributed by atoms with E-state index in [1.807, 2.05) is 0 Å². The third-order valence-corrected chi connectivity index (χ3v) is 5.38. The Labute approximate surface area is 187 Å². The number of halogens is 1. The van der Waals surface area contributed by atoms with Gasteiger partial charge >= 0.3 is 5.97 Å². The first-order chi connectivity index (χ1) is 15.0. The van der Waals surface area contributed by atoms with E-state index in [2.05, 4.69) is 10.2 Å². The summed E-state index contributed by atoms with van der Waals surface area (Å²) in [5, 5.41) is 16.9. The molecule has 0 radical (unpaired) electrons. The summed E-state index contributed by atoms with van der Waals surface area (Å²) >= 11 is 6.00. The van der Waals surface area contributed by atoms with E-state index in [1.165, 1.54) is 19.4 Å². The number of carbonyl (C=O) groups is 2. The first-order valence-corrected chi connectivity index (χ1v) is 10.7. The van der Waals surface area contributed by atoms with Crippen molar-refractivity contribution >= 4 is 39.2 Å². The molecule has 3 N–H and O–H groups in total. The number of esters is 1. The van der Waals surface area contributed by atoms with Gasteiger partial charge in [-0.15, -0.1) is 10.1 Å². The summed E-state index contributed by atoms with van der Waals surface area (Å²) in [6.45, 7) is -1.06. The highest BCUT2D eigenvalue weighted by Gasteiger charge is 2.23. The molecule has 0 aliphatic carbocycles. The molecule has 174 valence electrons. The van der Waals surface area contributed by atoms with Crippen molar-refractivity contribution in [3.05, 3.63) is 57.0 Å². The molecule has 0 atom stereocenters. The summed E-state index contributed by atoms with van der Waals surface area (Å²) in [5.41, 5.74) is -0.124. The fourth-order valence-electron chi connectivity index (χ4n) is 2.37. The highest BCUT2D eigenvalue weighted by Crippen LogP contribution is 2.29. The van der Waals surface area contributed by atoms with Gasteiger partial charge in [-0.2, -0.15) is 0 Å². The quantitative estimate of drug-likeness (QED) is 0.261. The molecule has 13 nitrogen and oxygen atoms in total. The summed E-state index contributed by atoms with van der Waals surface area (Å²) in [7, 11) is -2.93. The van der Waals surface area contributed by atoms with Crippen molar-refractivity contribution in [1.29, 1.82) is 0 Å². The Balaban J connectivity index is 2.16. The Morgan fingerprint density at radius 1 is 1.38 bits per heavy atom. The lowest BCUT2D eigenvalue weighted by atomic mass is 10.1. The predicted molar refractivity (Wildman–Crippen MR) is 110 cm³/mol. The lowest BCUT2D eigenvalue weighted by Gasteiger charge is -2.17. The van der Waals surface area contributed by atoms with Crippen LogP contribution in [0.2, 0.25) is 5.02 Å². The molecule has 0 saturated heterocycles. The van der Waals surface area contributed by atoms with Crippen LogP contribution in [0.25, 0.3) is 0 Å². The van der Waals surface area contributed by atoms with Gasteiger partial charge in [-0.3, -0.25) is 4.79 Å². The van der Waals surface area contributed by atoms with E-state index in [0.717, 1.165) is 11.0 Å². The minimum absolute atomic E-state index is 0.115. The normalized spacial score (nSPS) is 11.0. The molecule has 1 heterocycles. The molecule has 32 heavy (non-hydrogen) atoms. The number of hydrogen-bond donors (Lipinski definition) is 2. The third-order valence-electron chi connectivity index (χ3n) is 4.01. The van der Waals surface area contributed by atoms with E-state index in [4.69, 9.17) is 25.9 Å². The average molecular weight is 491 g/mol. The monoisotopic (exact) mass is 490 g/mol. The van der Waals surface area contributed by atoms with Crippen molar-refractivity contribution in [3.8, 4) is 0 Å². The lowest BCUT2D eigenvalue weighted by Crippen LogP contribution is -2.34. The third kappa shape index (κ3) is 7.11. The number of primary sulfonamides is 1. The minimum Gasteiger partial charge on any atom is -0.467 e. The summed E-state index contributed by atoms with van der Waals surface area (Å²) in [6.07, 6.45) is 1.45. The second-order valence-electron chi connectivity index (χ2n) is 6.25. The Hall–Kier alpha value is -3.36. The molecule has 2 aromatic rings. The zero-order valence-electron chi connectivity index (χ0n) is 16.6. The highest BCUT2D eigenvalue weighted by molar-refractivity contribution is 7.89. The smallest absolute Gasteiger partial charge is 0.340 e. The number of furan rings is 1. The predicted octanol–water partition coefficient (Wildman–Crippen LogP) is 1.02. The van der Waals surface area contributed by atoms with Crippen molar-refractivity contribution < 1.29 is 37.1 Å². The summed E-state index contributed by atoms with van der Waals surface area (Å²) in [4.78, 5) is 39.5. The van der Waals surface area contributed by atoms with Crippen LogP contribution in [-0.2, 0) is 30.9 Å². The fraction of sp³-hybridized carbons (Fsp3) is 0.294. The van der Waals surface area contributed by atoms with E-state index < -0.39 is 38.5 Å². The van der Waals surface area contributed by atoms with Crippen molar-refractivity contribution in [1.82, 2.24) is 4.90 Å². The van der Waals surface area contributed by atoms with E-state index in [0.29, 0.717) is 5.76 Å². The average Bonchev–Trinajstić information content (AvgIpc) is 3.22. The lowest BCUT2D eigenvalue weighted by molar-refractivity contribution is -0.757. The number of nitrogens with zero attached hydrogens (tertiary/aromatic N) is 2. The van der Waals surface area contributed by atoms with Crippen molar-refractivity contribution in [2.24, 2.45) is 5.14 Å². The zero-order valence-corrected chi connectivity index (χ0v) is 18.2. The van der Waals surface area contributed by atoms with Crippen molar-refractivity contribution in [3.63, 3.8) is 0 Å². The van der Waals surface area contributed by atoms with Crippen LogP contribution in [0.3, 0.4) is 0 Å². The molecule has 1 aromatic carbocycles. The Morgan fingerprint density at radius 3 is 2.69 bits per heavy atom. The maximum Gasteiger partial charge on any atom is 0.340 e. The number of likely N-dealkylation sites (N-methyl/N-ethyl adjacent to an activating group) is 1. The largest absolute Gasteiger partial charge is 0.467 e. The Kier molecular flexibility index (Phi) is 8.40. The minimum atomic E-state index is -4.26. The van der Waals surface area contributed by atoms with Crippen LogP contribution in [0, 0.1) is 10.1 Å². The van der Waals surface area contributed by atoms with Crippen LogP contribution in [0.4, 0.5) is 5.69 Å². The SMILES string of the molecule is CN(CCO[N+](=O)[O-])C(=O)COC(=O)c1cc(S(N)(=O)=O)c(Cl)cc1NCc1ccco1. The molecule has 2 rings (SSSR count). The van der Waals surface area contributed by atoms with Gasteiger partial charge in [-0.05, 0) is 24.3 Å².